The molecule has 0 aliphatic rings. The number of hydrogen-bond acceptors (Lipinski definition) is 3. The van der Waals surface area contributed by atoms with Crippen LogP contribution in [0.25, 0.3) is 11.1 Å². The van der Waals surface area contributed by atoms with E-state index in [-0.39, 0.29) is 12.4 Å². The van der Waals surface area contributed by atoms with Crippen LogP contribution in [0.4, 0.5) is 23.0 Å². The summed E-state index contributed by atoms with van der Waals surface area (Å²) < 4.78 is 0. The van der Waals surface area contributed by atoms with Gasteiger partial charge in [0.05, 0.1) is 6.20 Å². The van der Waals surface area contributed by atoms with Crippen molar-refractivity contribution in [2.75, 3.05) is 5.32 Å². The van der Waals surface area contributed by atoms with E-state index in [9.17, 15) is 0 Å². The van der Waals surface area contributed by atoms with Gasteiger partial charge in [-0.25, -0.2) is 4.98 Å². The van der Waals surface area contributed by atoms with Crippen molar-refractivity contribution in [3.63, 3.8) is 0 Å². The molecule has 0 unspecified atom stereocenters. The highest BCUT2D eigenvalue weighted by Crippen LogP contribution is 2.28. The van der Waals surface area contributed by atoms with E-state index in [4.69, 9.17) is 0 Å². The van der Waals surface area contributed by atoms with Crippen molar-refractivity contribution < 1.29 is 17.7 Å². The average Bonchev–Trinajstić information content (AvgIpc) is 2.69. The van der Waals surface area contributed by atoms with Gasteiger partial charge in [-0.15, -0.1) is 0 Å². The summed E-state index contributed by atoms with van der Waals surface area (Å²) in [5.74, 6) is 1.57. The third-order valence-corrected chi connectivity index (χ3v) is 5.17. The highest BCUT2D eigenvalue weighted by atomic mass is 35.5. The Labute approximate surface area is 190 Å². The molecule has 0 atom stereocenters. The summed E-state index contributed by atoms with van der Waals surface area (Å²) in [5.41, 5.74) is 9.62. The maximum absolute atomic E-state index is 4.57. The molecule has 4 aromatic rings. The van der Waals surface area contributed by atoms with E-state index in [2.05, 4.69) is 109 Å². The molecule has 0 spiro atoms. The van der Waals surface area contributed by atoms with Crippen LogP contribution < -0.4 is 23.0 Å². The van der Waals surface area contributed by atoms with Gasteiger partial charge >= 0.3 is 0 Å². The highest BCUT2D eigenvalue weighted by Gasteiger charge is 2.13. The van der Waals surface area contributed by atoms with E-state index in [1.54, 1.807) is 12.4 Å². The third-order valence-electron chi connectivity index (χ3n) is 5.17. The summed E-state index contributed by atoms with van der Waals surface area (Å²) in [5, 5.41) is 5.51. The number of rotatable bonds is 5. The molecule has 3 N–H and O–H groups in total. The summed E-state index contributed by atoms with van der Waals surface area (Å²) in [4.78, 5) is 9.11. The van der Waals surface area contributed by atoms with Crippen LogP contribution in [0.2, 0.25) is 0 Å². The Bertz CT molecular complexity index is 1160. The number of aromatic nitrogens is 2. The van der Waals surface area contributed by atoms with Crippen molar-refractivity contribution >= 4 is 23.0 Å². The van der Waals surface area contributed by atoms with Crippen molar-refractivity contribution in [2.45, 2.75) is 27.7 Å². The van der Waals surface area contributed by atoms with Gasteiger partial charge in [0.2, 0.25) is 5.82 Å². The summed E-state index contributed by atoms with van der Waals surface area (Å²) in [6.45, 7) is 8.52. The van der Waals surface area contributed by atoms with Crippen molar-refractivity contribution in [3.8, 4) is 11.1 Å². The fourth-order valence-electron chi connectivity index (χ4n) is 3.95. The summed E-state index contributed by atoms with van der Waals surface area (Å²) in [6.07, 6.45) is 3.45. The molecular formula is C26H27ClN4. The molecule has 158 valence electrons. The van der Waals surface area contributed by atoms with Crippen LogP contribution in [-0.4, -0.2) is 9.97 Å². The molecule has 1 heterocycles. The molecule has 0 fully saturated rings. The molecule has 1 aromatic heterocycles. The second-order valence-corrected chi connectivity index (χ2v) is 7.83. The number of nitrogens with two attached hydrogens (primary N) is 1. The minimum Gasteiger partial charge on any atom is -1.00 e. The first-order valence-electron chi connectivity index (χ1n) is 10.2. The lowest BCUT2D eigenvalue weighted by Gasteiger charge is -2.12. The number of nitrogens with one attached hydrogen (secondary N) is 1. The second kappa shape index (κ2) is 9.73. The molecule has 31 heavy (non-hydrogen) atoms. The molecule has 0 saturated heterocycles. The fraction of sp³-hybridized carbons (Fsp3) is 0.154. The molecule has 3 aromatic carbocycles. The van der Waals surface area contributed by atoms with Gasteiger partial charge < -0.3 is 17.7 Å². The number of aryl methyl sites for hydroxylation is 4. The number of hydrogen-bond donors (Lipinski definition) is 2. The zero-order valence-corrected chi connectivity index (χ0v) is 19.0. The van der Waals surface area contributed by atoms with Gasteiger partial charge in [0, 0.05) is 18.0 Å². The number of benzene rings is 3. The first-order valence-corrected chi connectivity index (χ1v) is 10.2. The lowest BCUT2D eigenvalue weighted by atomic mass is 9.95. The first kappa shape index (κ1) is 22.5. The van der Waals surface area contributed by atoms with Crippen LogP contribution in [-0.2, 0) is 0 Å². The Balaban J connectivity index is 0.00000272. The fourth-order valence-corrected chi connectivity index (χ4v) is 3.95. The normalized spacial score (nSPS) is 10.5. The second-order valence-electron chi connectivity index (χ2n) is 7.83. The smallest absolute Gasteiger partial charge is 0.273 e. The van der Waals surface area contributed by atoms with Crippen LogP contribution in [0.5, 0.6) is 0 Å². The zero-order chi connectivity index (χ0) is 21.1. The lowest BCUT2D eigenvalue weighted by Crippen LogP contribution is -3.00. The Morgan fingerprint density at radius 2 is 1.39 bits per heavy atom. The van der Waals surface area contributed by atoms with E-state index in [1.807, 2.05) is 0 Å². The van der Waals surface area contributed by atoms with Gasteiger partial charge in [-0.3, -0.25) is 5.32 Å². The number of nitrogens with zero attached hydrogens (tertiary/aromatic N) is 2. The molecular weight excluding hydrogens is 404 g/mol. The molecule has 0 saturated carbocycles. The number of anilines is 2. The quantitative estimate of drug-likeness (QED) is 0.478. The van der Waals surface area contributed by atoms with Crippen LogP contribution in [0, 0.1) is 27.7 Å². The van der Waals surface area contributed by atoms with E-state index in [0.717, 1.165) is 23.0 Å². The van der Waals surface area contributed by atoms with Gasteiger partial charge in [0.1, 0.15) is 5.69 Å². The molecule has 0 aliphatic heterocycles. The first-order chi connectivity index (χ1) is 14.5. The predicted molar refractivity (Wildman–Crippen MR) is 124 cm³/mol. The summed E-state index contributed by atoms with van der Waals surface area (Å²) in [6, 6.07) is 21.4. The summed E-state index contributed by atoms with van der Waals surface area (Å²) in [7, 11) is 0. The molecule has 4 rings (SSSR count). The molecule has 4 nitrogen and oxygen atoms in total. The number of halogens is 1. The maximum atomic E-state index is 4.57. The van der Waals surface area contributed by atoms with E-state index >= 15 is 0 Å². The van der Waals surface area contributed by atoms with E-state index in [1.165, 1.54) is 33.4 Å². The minimum atomic E-state index is 0. The van der Waals surface area contributed by atoms with Gasteiger partial charge in [-0.1, -0.05) is 36.4 Å². The van der Waals surface area contributed by atoms with Gasteiger partial charge in [-0.05, 0) is 79.3 Å². The highest BCUT2D eigenvalue weighted by molar-refractivity contribution is 5.72. The zero-order valence-electron chi connectivity index (χ0n) is 18.3. The molecule has 0 bridgehead atoms. The van der Waals surface area contributed by atoms with Crippen molar-refractivity contribution in [2.24, 2.45) is 0 Å². The molecule has 0 amide bonds. The van der Waals surface area contributed by atoms with Crippen LogP contribution in [0.1, 0.15) is 22.3 Å². The Morgan fingerprint density at radius 3 is 2.10 bits per heavy atom. The van der Waals surface area contributed by atoms with E-state index < -0.39 is 0 Å². The number of quaternary nitrogens is 1. The van der Waals surface area contributed by atoms with Crippen LogP contribution in [0.3, 0.4) is 0 Å². The van der Waals surface area contributed by atoms with Crippen molar-refractivity contribution in [1.82, 2.24) is 9.97 Å². The average molecular weight is 431 g/mol. The predicted octanol–water partition coefficient (Wildman–Crippen LogP) is 2.65. The minimum absolute atomic E-state index is 0. The van der Waals surface area contributed by atoms with Gasteiger partial charge in [0.15, 0.2) is 0 Å². The molecule has 0 radical (unpaired) electrons. The molecule has 0 aliphatic carbocycles. The topological polar surface area (TPSA) is 54.4 Å². The van der Waals surface area contributed by atoms with E-state index in [0.29, 0.717) is 0 Å². The monoisotopic (exact) mass is 430 g/mol. The van der Waals surface area contributed by atoms with Crippen LogP contribution >= 0.6 is 0 Å². The Morgan fingerprint density at radius 1 is 0.742 bits per heavy atom. The van der Waals surface area contributed by atoms with Crippen LogP contribution in [0.15, 0.2) is 73.1 Å². The third kappa shape index (κ3) is 5.29. The standard InChI is InChI=1S/C26H26N4.ClH/c1-17-13-18(2)15-23(14-17)30-26-25(27-11-12-28-26)29-22-10-6-9-21(16-22)24-19(3)7-5-8-20(24)4;/h5-16H,1-4H3,(H,27,29)(H,28,30);1H. The van der Waals surface area contributed by atoms with Gasteiger partial charge in [-0.2, -0.15) is 4.98 Å². The molecule has 5 heteroatoms. The summed E-state index contributed by atoms with van der Waals surface area (Å²) >= 11 is 0. The van der Waals surface area contributed by atoms with Gasteiger partial charge in [0.25, 0.3) is 5.82 Å². The largest absolute Gasteiger partial charge is 1.00 e. The Hall–Kier alpha value is -3.21. The van der Waals surface area contributed by atoms with Crippen molar-refractivity contribution in [3.05, 3.63) is 95.3 Å². The lowest BCUT2D eigenvalue weighted by molar-refractivity contribution is -0.482. The van der Waals surface area contributed by atoms with Crippen molar-refractivity contribution in [1.29, 1.82) is 0 Å². The SMILES string of the molecule is Cc1cc(C)cc(Nc2nccnc2[NH2+]c2cccc(-c3c(C)cccc3C)c2)c1.[Cl-]. The Kier molecular flexibility index (Phi) is 7.06. The maximum Gasteiger partial charge on any atom is 0.273 e.